The standard InChI is InChI=1S/C33H27ClO2P.BrH/c34-29-22-20-26(21-23-29)33(35)36-24-27-12-10-11-13-28(27)25-37(30-14-4-1-5-15-30,31-16-6-2-7-17-31)32-18-8-3-9-19-32;/h1-23H,24-25H2;1H/q+1;/p-1. The predicted octanol–water partition coefficient (Wildman–Crippen LogP) is 4.20. The Morgan fingerprint density at radius 2 is 1.00 bits per heavy atom. The Bertz CT molecular complexity index is 1360. The van der Waals surface area contributed by atoms with Gasteiger partial charge in [0.05, 0.1) is 11.7 Å². The Morgan fingerprint density at radius 1 is 0.579 bits per heavy atom. The van der Waals surface area contributed by atoms with Gasteiger partial charge >= 0.3 is 5.97 Å². The van der Waals surface area contributed by atoms with E-state index in [9.17, 15) is 4.79 Å². The minimum Gasteiger partial charge on any atom is -1.00 e. The third-order valence-corrected chi connectivity index (χ3v) is 11.2. The zero-order chi connectivity index (χ0) is 25.5. The molecular weight excluding hydrogens is 575 g/mol. The van der Waals surface area contributed by atoms with Crippen LogP contribution in [0.4, 0.5) is 0 Å². The number of hydrogen-bond acceptors (Lipinski definition) is 2. The van der Waals surface area contributed by atoms with E-state index in [1.54, 1.807) is 24.3 Å². The highest BCUT2D eigenvalue weighted by Crippen LogP contribution is 2.58. The number of halogens is 2. The Balaban J connectivity index is 0.00000336. The molecule has 0 N–H and O–H groups in total. The smallest absolute Gasteiger partial charge is 0.338 e. The summed E-state index contributed by atoms with van der Waals surface area (Å²) in [5, 5.41) is 4.55. The molecule has 0 heterocycles. The molecule has 0 saturated carbocycles. The van der Waals surface area contributed by atoms with Crippen LogP contribution in [0.25, 0.3) is 0 Å². The molecular formula is C33H27BrClO2P. The van der Waals surface area contributed by atoms with Gasteiger partial charge in [-0.25, -0.2) is 4.79 Å². The summed E-state index contributed by atoms with van der Waals surface area (Å²) in [6.07, 6.45) is 0.819. The topological polar surface area (TPSA) is 26.3 Å². The van der Waals surface area contributed by atoms with E-state index in [-0.39, 0.29) is 29.6 Å². The van der Waals surface area contributed by atoms with Gasteiger partial charge in [0.25, 0.3) is 0 Å². The maximum Gasteiger partial charge on any atom is 0.338 e. The summed E-state index contributed by atoms with van der Waals surface area (Å²) >= 11 is 5.97. The van der Waals surface area contributed by atoms with Crippen molar-refractivity contribution < 1.29 is 26.5 Å². The molecule has 5 rings (SSSR count). The van der Waals surface area contributed by atoms with Gasteiger partial charge in [-0.15, -0.1) is 0 Å². The Kier molecular flexibility index (Phi) is 9.53. The van der Waals surface area contributed by atoms with Gasteiger partial charge in [0, 0.05) is 5.02 Å². The molecule has 2 nitrogen and oxygen atoms in total. The van der Waals surface area contributed by atoms with Crippen molar-refractivity contribution in [3.63, 3.8) is 0 Å². The van der Waals surface area contributed by atoms with Gasteiger partial charge in [0.2, 0.25) is 0 Å². The van der Waals surface area contributed by atoms with Crippen LogP contribution in [0.1, 0.15) is 21.5 Å². The molecule has 0 spiro atoms. The zero-order valence-corrected chi connectivity index (χ0v) is 23.9. The van der Waals surface area contributed by atoms with Crippen LogP contribution in [-0.2, 0) is 17.5 Å². The fourth-order valence-electron chi connectivity index (χ4n) is 4.69. The zero-order valence-electron chi connectivity index (χ0n) is 20.7. The molecule has 0 aliphatic rings. The molecule has 5 heteroatoms. The van der Waals surface area contributed by atoms with Crippen molar-refractivity contribution in [3.8, 4) is 0 Å². The van der Waals surface area contributed by atoms with Crippen LogP contribution in [0, 0.1) is 0 Å². The van der Waals surface area contributed by atoms with Crippen molar-refractivity contribution in [2.45, 2.75) is 12.8 Å². The van der Waals surface area contributed by atoms with Gasteiger partial charge in [-0.1, -0.05) is 90.5 Å². The number of carbonyl (C=O) groups is 1. The Labute approximate surface area is 240 Å². The third-order valence-electron chi connectivity index (χ3n) is 6.56. The Hall–Kier alpha value is -3.23. The van der Waals surface area contributed by atoms with Crippen LogP contribution in [0.3, 0.4) is 0 Å². The summed E-state index contributed by atoms with van der Waals surface area (Å²) in [4.78, 5) is 12.7. The lowest BCUT2D eigenvalue weighted by molar-refractivity contribution is -0.0000255. The average Bonchev–Trinajstić information content (AvgIpc) is 2.97. The Morgan fingerprint density at radius 3 is 1.47 bits per heavy atom. The van der Waals surface area contributed by atoms with Crippen LogP contribution in [0.5, 0.6) is 0 Å². The molecule has 0 atom stereocenters. The molecule has 0 aliphatic carbocycles. The third kappa shape index (κ3) is 6.08. The first-order valence-electron chi connectivity index (χ1n) is 12.2. The van der Waals surface area contributed by atoms with E-state index in [2.05, 4.69) is 109 Å². The van der Waals surface area contributed by atoms with Gasteiger partial charge in [0.1, 0.15) is 29.8 Å². The highest BCUT2D eigenvalue weighted by molar-refractivity contribution is 7.95. The molecule has 190 valence electrons. The molecule has 0 fully saturated rings. The maximum absolute atomic E-state index is 12.7. The van der Waals surface area contributed by atoms with Gasteiger partial charge in [-0.3, -0.25) is 0 Å². The molecule has 0 radical (unpaired) electrons. The SMILES string of the molecule is O=C(OCc1ccccc1C[P+](c1ccccc1)(c1ccccc1)c1ccccc1)c1ccc(Cl)cc1.[Br-]. The van der Waals surface area contributed by atoms with Crippen molar-refractivity contribution in [3.05, 3.63) is 161 Å². The van der Waals surface area contributed by atoms with E-state index in [0.29, 0.717) is 10.6 Å². The maximum atomic E-state index is 12.7. The largest absolute Gasteiger partial charge is 1.00 e. The lowest BCUT2D eigenvalue weighted by Gasteiger charge is -2.28. The van der Waals surface area contributed by atoms with E-state index in [1.807, 2.05) is 6.07 Å². The average molecular weight is 602 g/mol. The van der Waals surface area contributed by atoms with Gasteiger partial charge < -0.3 is 21.7 Å². The molecule has 38 heavy (non-hydrogen) atoms. The summed E-state index contributed by atoms with van der Waals surface area (Å²) in [5.74, 6) is -0.360. The number of ether oxygens (including phenoxy) is 1. The number of benzene rings is 5. The van der Waals surface area contributed by atoms with Gasteiger partial charge in [-0.2, -0.15) is 0 Å². The summed E-state index contributed by atoms with van der Waals surface area (Å²) in [7, 11) is -2.07. The first kappa shape index (κ1) is 27.8. The lowest BCUT2D eigenvalue weighted by Crippen LogP contribution is -3.00. The van der Waals surface area contributed by atoms with Gasteiger partial charge in [-0.05, 0) is 71.8 Å². The quantitative estimate of drug-likeness (QED) is 0.197. The molecule has 0 aromatic heterocycles. The van der Waals surface area contributed by atoms with Crippen molar-refractivity contribution in [1.82, 2.24) is 0 Å². The number of rotatable bonds is 8. The first-order chi connectivity index (χ1) is 18.2. The van der Waals surface area contributed by atoms with Crippen molar-refractivity contribution in [1.29, 1.82) is 0 Å². The fraction of sp³-hybridized carbons (Fsp3) is 0.0606. The van der Waals surface area contributed by atoms with E-state index in [1.165, 1.54) is 21.5 Å². The molecule has 0 unspecified atom stereocenters. The molecule has 5 aromatic carbocycles. The first-order valence-corrected chi connectivity index (χ1v) is 14.6. The molecule has 0 aliphatic heterocycles. The van der Waals surface area contributed by atoms with E-state index < -0.39 is 7.26 Å². The monoisotopic (exact) mass is 600 g/mol. The second-order valence-corrected chi connectivity index (χ2v) is 12.7. The van der Waals surface area contributed by atoms with Crippen LogP contribution in [0.15, 0.2) is 140 Å². The van der Waals surface area contributed by atoms with Crippen LogP contribution < -0.4 is 32.9 Å². The normalized spacial score (nSPS) is 10.9. The lowest BCUT2D eigenvalue weighted by atomic mass is 10.1. The summed E-state index contributed by atoms with van der Waals surface area (Å²) in [6.45, 7) is 0.204. The van der Waals surface area contributed by atoms with Gasteiger partial charge in [0.15, 0.2) is 0 Å². The predicted molar refractivity (Wildman–Crippen MR) is 156 cm³/mol. The highest BCUT2D eigenvalue weighted by Gasteiger charge is 2.45. The second-order valence-electron chi connectivity index (χ2n) is 8.83. The number of carbonyl (C=O) groups excluding carboxylic acids is 1. The van der Waals surface area contributed by atoms with Crippen LogP contribution in [-0.4, -0.2) is 5.97 Å². The summed E-state index contributed by atoms with van der Waals surface area (Å²) < 4.78 is 5.76. The van der Waals surface area contributed by atoms with Crippen LogP contribution in [0.2, 0.25) is 5.02 Å². The minimum absolute atomic E-state index is 0. The minimum atomic E-state index is -2.07. The molecule has 5 aromatic rings. The van der Waals surface area contributed by atoms with Crippen molar-refractivity contribution in [2.24, 2.45) is 0 Å². The summed E-state index contributed by atoms with van der Waals surface area (Å²) in [5.41, 5.74) is 2.68. The second kappa shape index (κ2) is 13.0. The van der Waals surface area contributed by atoms with Crippen LogP contribution >= 0.6 is 18.9 Å². The highest BCUT2D eigenvalue weighted by atomic mass is 79.9. The van der Waals surface area contributed by atoms with E-state index >= 15 is 0 Å². The van der Waals surface area contributed by atoms with E-state index in [4.69, 9.17) is 16.3 Å². The van der Waals surface area contributed by atoms with Crippen molar-refractivity contribution in [2.75, 3.05) is 0 Å². The molecule has 0 amide bonds. The summed E-state index contributed by atoms with van der Waals surface area (Å²) in [6, 6.07) is 47.5. The fourth-order valence-corrected chi connectivity index (χ4v) is 9.12. The van der Waals surface area contributed by atoms with E-state index in [0.717, 1.165) is 11.7 Å². The van der Waals surface area contributed by atoms with Crippen molar-refractivity contribution >= 4 is 40.7 Å². The molecule has 0 bridgehead atoms. The number of esters is 1. The number of hydrogen-bond donors (Lipinski definition) is 0. The molecule has 0 saturated heterocycles.